The second kappa shape index (κ2) is 6.55. The third-order valence-corrected chi connectivity index (χ3v) is 2.94. The van der Waals surface area contributed by atoms with E-state index < -0.39 is 0 Å². The second-order valence-electron chi connectivity index (χ2n) is 5.42. The van der Waals surface area contributed by atoms with Crippen LogP contribution in [0.4, 0.5) is 0 Å². The largest absolute Gasteiger partial charge is 0.350 e. The van der Waals surface area contributed by atoms with Gasteiger partial charge in [-0.15, -0.1) is 0 Å². The second-order valence-corrected chi connectivity index (χ2v) is 5.42. The molecule has 1 rings (SSSR count). The van der Waals surface area contributed by atoms with Crippen molar-refractivity contribution in [3.05, 3.63) is 34.9 Å². The van der Waals surface area contributed by atoms with Crippen molar-refractivity contribution in [3.63, 3.8) is 0 Å². The van der Waals surface area contributed by atoms with Crippen LogP contribution < -0.4 is 11.1 Å². The van der Waals surface area contributed by atoms with Crippen molar-refractivity contribution in [3.8, 4) is 0 Å². The van der Waals surface area contributed by atoms with Gasteiger partial charge in [0.1, 0.15) is 0 Å². The molecule has 0 spiro atoms. The summed E-state index contributed by atoms with van der Waals surface area (Å²) in [5.74, 6) is 0.521. The highest BCUT2D eigenvalue weighted by molar-refractivity contribution is 5.95. The normalized spacial score (nSPS) is 12.6. The monoisotopic (exact) mass is 248 g/mol. The minimum Gasteiger partial charge on any atom is -0.350 e. The van der Waals surface area contributed by atoms with Gasteiger partial charge in [0.25, 0.3) is 5.91 Å². The van der Waals surface area contributed by atoms with E-state index in [0.717, 1.165) is 23.1 Å². The molecular weight excluding hydrogens is 224 g/mol. The van der Waals surface area contributed by atoms with Gasteiger partial charge in [0.15, 0.2) is 0 Å². The fourth-order valence-corrected chi connectivity index (χ4v) is 1.99. The molecule has 18 heavy (non-hydrogen) atoms. The Morgan fingerprint density at radius 3 is 2.61 bits per heavy atom. The van der Waals surface area contributed by atoms with Crippen molar-refractivity contribution in [2.75, 3.05) is 6.54 Å². The first-order valence-corrected chi connectivity index (χ1v) is 6.51. The van der Waals surface area contributed by atoms with Gasteiger partial charge >= 0.3 is 0 Å². The minimum absolute atomic E-state index is 0.0269. The molecule has 3 heteroatoms. The van der Waals surface area contributed by atoms with Gasteiger partial charge in [0.05, 0.1) is 0 Å². The Morgan fingerprint density at radius 1 is 1.33 bits per heavy atom. The van der Waals surface area contributed by atoms with E-state index in [1.165, 1.54) is 0 Å². The summed E-state index contributed by atoms with van der Waals surface area (Å²) in [7, 11) is 0. The molecule has 1 atom stereocenters. The molecular formula is C15H24N2O. The van der Waals surface area contributed by atoms with Crippen LogP contribution in [0.15, 0.2) is 18.2 Å². The Bertz CT molecular complexity index is 413. The van der Waals surface area contributed by atoms with Crippen LogP contribution in [0.1, 0.15) is 41.8 Å². The van der Waals surface area contributed by atoms with Crippen molar-refractivity contribution in [1.29, 1.82) is 0 Å². The van der Waals surface area contributed by atoms with E-state index in [1.54, 1.807) is 0 Å². The molecule has 0 saturated heterocycles. The molecule has 0 fully saturated rings. The molecule has 1 aromatic rings. The lowest BCUT2D eigenvalue weighted by atomic mass is 10.0. The third-order valence-electron chi connectivity index (χ3n) is 2.94. The number of benzene rings is 1. The van der Waals surface area contributed by atoms with Crippen LogP contribution in [0.5, 0.6) is 0 Å². The van der Waals surface area contributed by atoms with E-state index in [1.807, 2.05) is 32.0 Å². The highest BCUT2D eigenvalue weighted by atomic mass is 16.1. The van der Waals surface area contributed by atoms with Gasteiger partial charge in [-0.1, -0.05) is 31.5 Å². The Labute approximate surface area is 110 Å². The van der Waals surface area contributed by atoms with E-state index in [0.29, 0.717) is 12.5 Å². The molecule has 0 aliphatic carbocycles. The summed E-state index contributed by atoms with van der Waals surface area (Å²) in [5, 5.41) is 2.91. The summed E-state index contributed by atoms with van der Waals surface area (Å²) in [4.78, 5) is 12.0. The van der Waals surface area contributed by atoms with Crippen molar-refractivity contribution in [2.45, 2.75) is 40.2 Å². The number of carbonyl (C=O) groups is 1. The van der Waals surface area contributed by atoms with E-state index in [4.69, 9.17) is 5.73 Å². The smallest absolute Gasteiger partial charge is 0.251 e. The topological polar surface area (TPSA) is 55.1 Å². The average Bonchev–Trinajstić information content (AvgIpc) is 2.28. The van der Waals surface area contributed by atoms with E-state index in [2.05, 4.69) is 19.2 Å². The maximum atomic E-state index is 12.0. The average molecular weight is 248 g/mol. The van der Waals surface area contributed by atoms with Gasteiger partial charge in [-0.05, 0) is 37.8 Å². The van der Waals surface area contributed by atoms with Crippen LogP contribution in [0.25, 0.3) is 0 Å². The van der Waals surface area contributed by atoms with Gasteiger partial charge < -0.3 is 11.1 Å². The summed E-state index contributed by atoms with van der Waals surface area (Å²) in [6, 6.07) is 5.92. The number of aryl methyl sites for hydroxylation is 2. The number of carbonyl (C=O) groups excluding carboxylic acids is 1. The molecule has 3 nitrogen and oxygen atoms in total. The molecule has 1 amide bonds. The van der Waals surface area contributed by atoms with Gasteiger partial charge in [-0.3, -0.25) is 4.79 Å². The Balaban J connectivity index is 2.58. The molecule has 0 radical (unpaired) electrons. The highest BCUT2D eigenvalue weighted by Crippen LogP contribution is 2.10. The molecule has 1 unspecified atom stereocenters. The van der Waals surface area contributed by atoms with Crippen LogP contribution in [0.2, 0.25) is 0 Å². The van der Waals surface area contributed by atoms with Crippen LogP contribution >= 0.6 is 0 Å². The summed E-state index contributed by atoms with van der Waals surface area (Å²) in [5.41, 5.74) is 8.79. The third kappa shape index (κ3) is 4.49. The van der Waals surface area contributed by atoms with Crippen molar-refractivity contribution >= 4 is 5.91 Å². The molecule has 3 N–H and O–H groups in total. The lowest BCUT2D eigenvalue weighted by Crippen LogP contribution is -2.38. The summed E-state index contributed by atoms with van der Waals surface area (Å²) in [6.45, 7) is 8.73. The zero-order chi connectivity index (χ0) is 13.7. The van der Waals surface area contributed by atoms with E-state index in [-0.39, 0.29) is 11.9 Å². The first kappa shape index (κ1) is 14.7. The molecule has 0 aliphatic rings. The molecule has 1 aromatic carbocycles. The fourth-order valence-electron chi connectivity index (χ4n) is 1.99. The van der Waals surface area contributed by atoms with Gasteiger partial charge in [-0.2, -0.15) is 0 Å². The minimum atomic E-state index is -0.0320. The number of nitrogens with one attached hydrogen (secondary N) is 1. The fraction of sp³-hybridized carbons (Fsp3) is 0.533. The van der Waals surface area contributed by atoms with E-state index in [9.17, 15) is 4.79 Å². The van der Waals surface area contributed by atoms with Crippen LogP contribution in [0.3, 0.4) is 0 Å². The Hall–Kier alpha value is -1.35. The van der Waals surface area contributed by atoms with Gasteiger partial charge in [-0.25, -0.2) is 0 Å². The Morgan fingerprint density at radius 2 is 2.00 bits per heavy atom. The number of hydrogen-bond donors (Lipinski definition) is 2. The van der Waals surface area contributed by atoms with Gasteiger partial charge in [0, 0.05) is 18.2 Å². The van der Waals surface area contributed by atoms with Crippen molar-refractivity contribution in [2.24, 2.45) is 11.7 Å². The maximum absolute atomic E-state index is 12.0. The number of amides is 1. The zero-order valence-corrected chi connectivity index (χ0v) is 11.8. The maximum Gasteiger partial charge on any atom is 0.251 e. The van der Waals surface area contributed by atoms with Gasteiger partial charge in [0.2, 0.25) is 0 Å². The van der Waals surface area contributed by atoms with Crippen LogP contribution in [-0.4, -0.2) is 18.5 Å². The summed E-state index contributed by atoms with van der Waals surface area (Å²) >= 11 is 0. The zero-order valence-electron chi connectivity index (χ0n) is 11.8. The molecule has 0 heterocycles. The van der Waals surface area contributed by atoms with Crippen LogP contribution in [0, 0.1) is 19.8 Å². The molecule has 100 valence electrons. The van der Waals surface area contributed by atoms with Crippen molar-refractivity contribution < 1.29 is 4.79 Å². The Kier molecular flexibility index (Phi) is 5.35. The molecule has 0 aliphatic heterocycles. The molecule has 0 bridgehead atoms. The van der Waals surface area contributed by atoms with E-state index >= 15 is 0 Å². The SMILES string of the molecule is Cc1ccc(C)c(C(=O)NCC(N)CC(C)C)c1. The highest BCUT2D eigenvalue weighted by Gasteiger charge is 2.11. The standard InChI is InChI=1S/C15H24N2O/c1-10(2)7-13(16)9-17-15(18)14-8-11(3)5-6-12(14)4/h5-6,8,10,13H,7,9,16H2,1-4H3,(H,17,18). The number of rotatable bonds is 5. The first-order valence-electron chi connectivity index (χ1n) is 6.51. The lowest BCUT2D eigenvalue weighted by Gasteiger charge is -2.15. The predicted molar refractivity (Wildman–Crippen MR) is 75.7 cm³/mol. The van der Waals surface area contributed by atoms with Crippen LogP contribution in [-0.2, 0) is 0 Å². The first-order chi connectivity index (χ1) is 8.40. The number of hydrogen-bond acceptors (Lipinski definition) is 2. The molecule has 0 saturated carbocycles. The quantitative estimate of drug-likeness (QED) is 0.840. The summed E-state index contributed by atoms with van der Waals surface area (Å²) < 4.78 is 0. The lowest BCUT2D eigenvalue weighted by molar-refractivity contribution is 0.0949. The summed E-state index contributed by atoms with van der Waals surface area (Å²) in [6.07, 6.45) is 0.924. The molecule has 0 aromatic heterocycles. The number of nitrogens with two attached hydrogens (primary N) is 1. The van der Waals surface area contributed by atoms with Crippen molar-refractivity contribution in [1.82, 2.24) is 5.32 Å². The predicted octanol–water partition coefficient (Wildman–Crippen LogP) is 2.41.